The van der Waals surface area contributed by atoms with Crippen molar-refractivity contribution >= 4 is 24.5 Å². The summed E-state index contributed by atoms with van der Waals surface area (Å²) in [6, 6.07) is -0.676. The zero-order chi connectivity index (χ0) is 9.30. The first-order chi connectivity index (χ1) is 5.52. The summed E-state index contributed by atoms with van der Waals surface area (Å²) < 4.78 is 0. The van der Waals surface area contributed by atoms with Crippen LogP contribution in [0.5, 0.6) is 0 Å². The fourth-order valence-electron chi connectivity index (χ4n) is 1.40. The van der Waals surface area contributed by atoms with Gasteiger partial charge in [-0.3, -0.25) is 4.79 Å². The smallest absolute Gasteiger partial charge is 0.326 e. The topological polar surface area (TPSA) is 57.6 Å². The summed E-state index contributed by atoms with van der Waals surface area (Å²) in [5.41, 5.74) is 0. The zero-order valence-corrected chi connectivity index (χ0v) is 7.62. The van der Waals surface area contributed by atoms with E-state index >= 15 is 0 Å². The molecule has 0 aromatic rings. The van der Waals surface area contributed by atoms with E-state index < -0.39 is 12.0 Å². The van der Waals surface area contributed by atoms with Gasteiger partial charge in [-0.15, -0.1) is 0 Å². The Bertz CT molecular complexity index is 197. The lowest BCUT2D eigenvalue weighted by atomic mass is 10.2. The van der Waals surface area contributed by atoms with E-state index in [1.54, 1.807) is 0 Å². The summed E-state index contributed by atoms with van der Waals surface area (Å²) in [5.74, 6) is -1.14. The number of aliphatic carboxylic acids is 1. The monoisotopic (exact) mass is 189 g/mol. The summed E-state index contributed by atoms with van der Waals surface area (Å²) in [4.78, 5) is 22.9. The van der Waals surface area contributed by atoms with Crippen molar-refractivity contribution in [1.29, 1.82) is 0 Å². The summed E-state index contributed by atoms with van der Waals surface area (Å²) in [6.07, 6.45) is 0.442. The van der Waals surface area contributed by atoms with E-state index in [2.05, 4.69) is 12.6 Å². The average molecular weight is 189 g/mol. The van der Waals surface area contributed by atoms with Crippen molar-refractivity contribution in [2.45, 2.75) is 24.6 Å². The molecule has 0 spiro atoms. The number of amides is 1. The minimum absolute atomic E-state index is 0.00463. The number of carboxylic acids is 1. The van der Waals surface area contributed by atoms with Gasteiger partial charge in [0.25, 0.3) is 0 Å². The third-order valence-corrected chi connectivity index (χ3v) is 2.34. The highest BCUT2D eigenvalue weighted by Crippen LogP contribution is 2.21. The molecule has 0 unspecified atom stereocenters. The number of hydrogen-bond donors (Lipinski definition) is 2. The molecule has 2 atom stereocenters. The Labute approximate surface area is 76.0 Å². The molecule has 1 rings (SSSR count). The van der Waals surface area contributed by atoms with Crippen LogP contribution in [-0.4, -0.2) is 39.7 Å². The van der Waals surface area contributed by atoms with E-state index in [9.17, 15) is 9.59 Å². The highest BCUT2D eigenvalue weighted by Gasteiger charge is 2.36. The molecule has 1 saturated heterocycles. The molecule has 0 aromatic heterocycles. The van der Waals surface area contributed by atoms with Crippen molar-refractivity contribution in [3.63, 3.8) is 0 Å². The number of nitrogens with zero attached hydrogens (tertiary/aromatic N) is 1. The molecule has 1 aliphatic rings. The van der Waals surface area contributed by atoms with Crippen LogP contribution >= 0.6 is 12.6 Å². The van der Waals surface area contributed by atoms with Crippen LogP contribution in [0.25, 0.3) is 0 Å². The molecule has 0 bridgehead atoms. The lowest BCUT2D eigenvalue weighted by Crippen LogP contribution is -2.39. The maximum Gasteiger partial charge on any atom is 0.326 e. The fraction of sp³-hybridized carbons (Fsp3) is 0.714. The van der Waals surface area contributed by atoms with Crippen LogP contribution in [0.15, 0.2) is 0 Å². The highest BCUT2D eigenvalue weighted by molar-refractivity contribution is 7.81. The molecule has 0 aliphatic carbocycles. The van der Waals surface area contributed by atoms with E-state index in [1.165, 1.54) is 11.8 Å². The number of carbonyl (C=O) groups excluding carboxylic acids is 1. The summed E-state index contributed by atoms with van der Waals surface area (Å²) >= 11 is 4.14. The number of hydrogen-bond acceptors (Lipinski definition) is 3. The highest BCUT2D eigenvalue weighted by atomic mass is 32.1. The van der Waals surface area contributed by atoms with Crippen LogP contribution < -0.4 is 0 Å². The first-order valence-electron chi connectivity index (χ1n) is 3.70. The Balaban J connectivity index is 2.72. The van der Waals surface area contributed by atoms with Gasteiger partial charge >= 0.3 is 5.97 Å². The van der Waals surface area contributed by atoms with E-state index in [1.807, 2.05) is 0 Å². The van der Waals surface area contributed by atoms with Crippen LogP contribution in [0.2, 0.25) is 0 Å². The molecule has 1 amide bonds. The number of carboxylic acid groups (broad SMARTS) is 1. The van der Waals surface area contributed by atoms with Crippen LogP contribution in [0.4, 0.5) is 0 Å². The summed E-state index contributed by atoms with van der Waals surface area (Å²) in [5, 5.41) is 8.72. The molecule has 12 heavy (non-hydrogen) atoms. The lowest BCUT2D eigenvalue weighted by Gasteiger charge is -2.18. The first-order valence-corrected chi connectivity index (χ1v) is 4.22. The Morgan fingerprint density at radius 3 is 2.50 bits per heavy atom. The molecule has 0 saturated carbocycles. The predicted molar refractivity (Wildman–Crippen MR) is 46.2 cm³/mol. The van der Waals surface area contributed by atoms with Crippen molar-refractivity contribution in [1.82, 2.24) is 4.90 Å². The van der Waals surface area contributed by atoms with Crippen molar-refractivity contribution in [3.05, 3.63) is 0 Å². The molecule has 5 heteroatoms. The van der Waals surface area contributed by atoms with Gasteiger partial charge in [0.05, 0.1) is 0 Å². The number of likely N-dealkylation sites (tertiary alicyclic amines) is 1. The molecular weight excluding hydrogens is 178 g/mol. The minimum Gasteiger partial charge on any atom is -0.480 e. The van der Waals surface area contributed by atoms with Crippen molar-refractivity contribution in [3.8, 4) is 0 Å². The van der Waals surface area contributed by atoms with Gasteiger partial charge in [-0.1, -0.05) is 0 Å². The number of thiol groups is 1. The van der Waals surface area contributed by atoms with E-state index in [0.29, 0.717) is 13.0 Å². The Morgan fingerprint density at radius 2 is 2.17 bits per heavy atom. The van der Waals surface area contributed by atoms with Crippen molar-refractivity contribution in [2.75, 3.05) is 6.54 Å². The average Bonchev–Trinajstić information content (AvgIpc) is 2.31. The Kier molecular flexibility index (Phi) is 2.62. The van der Waals surface area contributed by atoms with Gasteiger partial charge in [0.15, 0.2) is 0 Å². The number of carbonyl (C=O) groups is 2. The molecule has 4 nitrogen and oxygen atoms in total. The quantitative estimate of drug-likeness (QED) is 0.570. The third-order valence-electron chi connectivity index (χ3n) is 1.97. The second kappa shape index (κ2) is 3.35. The third kappa shape index (κ3) is 1.72. The van der Waals surface area contributed by atoms with Gasteiger partial charge in [-0.2, -0.15) is 12.6 Å². The van der Waals surface area contributed by atoms with Gasteiger partial charge in [-0.25, -0.2) is 4.79 Å². The molecule has 1 fully saturated rings. The predicted octanol–water partition coefficient (Wildman–Crippen LogP) is -0.00980. The largest absolute Gasteiger partial charge is 0.480 e. The van der Waals surface area contributed by atoms with Gasteiger partial charge in [0.1, 0.15) is 6.04 Å². The normalized spacial score (nSPS) is 29.0. The van der Waals surface area contributed by atoms with Crippen LogP contribution in [-0.2, 0) is 9.59 Å². The maximum absolute atomic E-state index is 10.9. The fourth-order valence-corrected chi connectivity index (χ4v) is 1.77. The molecule has 0 radical (unpaired) electrons. The zero-order valence-electron chi connectivity index (χ0n) is 6.73. The summed E-state index contributed by atoms with van der Waals surface area (Å²) in [7, 11) is 0. The lowest BCUT2D eigenvalue weighted by molar-refractivity contribution is -0.147. The minimum atomic E-state index is -0.943. The van der Waals surface area contributed by atoms with Gasteiger partial charge in [-0.05, 0) is 6.42 Å². The SMILES string of the molecule is CC(=O)N1C[C@@H](S)C[C@H]1C(=O)O. The maximum atomic E-state index is 10.9. The van der Waals surface area contributed by atoms with Gasteiger partial charge < -0.3 is 10.0 Å². The molecule has 1 N–H and O–H groups in total. The standard InChI is InChI=1S/C7H11NO3S/c1-4(9)8-3-5(12)2-6(8)7(10)11/h5-6,12H,2-3H2,1H3,(H,10,11)/t5-,6-/m0/s1. The Hall–Kier alpha value is -0.710. The summed E-state index contributed by atoms with van der Waals surface area (Å²) in [6.45, 7) is 1.82. The second-order valence-corrected chi connectivity index (χ2v) is 3.65. The van der Waals surface area contributed by atoms with E-state index in [4.69, 9.17) is 5.11 Å². The Morgan fingerprint density at radius 1 is 1.58 bits per heavy atom. The molecule has 68 valence electrons. The molecule has 1 heterocycles. The van der Waals surface area contributed by atoms with E-state index in [-0.39, 0.29) is 11.2 Å². The molecule has 1 aliphatic heterocycles. The van der Waals surface area contributed by atoms with Crippen molar-refractivity contribution < 1.29 is 14.7 Å². The van der Waals surface area contributed by atoms with Crippen molar-refractivity contribution in [2.24, 2.45) is 0 Å². The molecular formula is C7H11NO3S. The number of rotatable bonds is 1. The van der Waals surface area contributed by atoms with Crippen LogP contribution in [0.3, 0.4) is 0 Å². The van der Waals surface area contributed by atoms with Crippen LogP contribution in [0, 0.1) is 0 Å². The van der Waals surface area contributed by atoms with E-state index in [0.717, 1.165) is 0 Å². The second-order valence-electron chi connectivity index (χ2n) is 2.91. The van der Waals surface area contributed by atoms with Crippen LogP contribution in [0.1, 0.15) is 13.3 Å². The molecule has 0 aromatic carbocycles. The van der Waals surface area contributed by atoms with Gasteiger partial charge in [0.2, 0.25) is 5.91 Å². The van der Waals surface area contributed by atoms with Gasteiger partial charge in [0, 0.05) is 18.7 Å². The first kappa shape index (κ1) is 9.38.